The average molecular weight is 337 g/mol. The smallest absolute Gasteiger partial charge is 0.0550 e. The van der Waals surface area contributed by atoms with E-state index in [-0.39, 0.29) is 0 Å². The third-order valence-electron chi connectivity index (χ3n) is 4.79. The third kappa shape index (κ3) is 3.83. The molecule has 3 aromatic rings. The van der Waals surface area contributed by atoms with Crippen molar-refractivity contribution in [3.8, 4) is 0 Å². The van der Waals surface area contributed by atoms with Crippen molar-refractivity contribution in [2.45, 2.75) is 13.0 Å². The van der Waals surface area contributed by atoms with E-state index in [9.17, 15) is 0 Å². The predicted octanol–water partition coefficient (Wildman–Crippen LogP) is 3.66. The van der Waals surface area contributed by atoms with Crippen LogP contribution in [-0.4, -0.2) is 47.5 Å². The van der Waals surface area contributed by atoms with Gasteiger partial charge in [-0.3, -0.25) is 9.88 Å². The number of nitrogens with zero attached hydrogens (tertiary/aromatic N) is 3. The minimum atomic E-state index is 0.962. The first-order valence-corrected chi connectivity index (χ1v) is 9.55. The van der Waals surface area contributed by atoms with Crippen molar-refractivity contribution in [1.82, 2.24) is 14.8 Å². The molecule has 3 nitrogen and oxygen atoms in total. The molecule has 0 bridgehead atoms. The summed E-state index contributed by atoms with van der Waals surface area (Å²) in [6.07, 6.45) is 3.19. The van der Waals surface area contributed by atoms with Crippen LogP contribution in [0.2, 0.25) is 0 Å². The summed E-state index contributed by atoms with van der Waals surface area (Å²) in [6.45, 7) is 6.75. The lowest BCUT2D eigenvalue weighted by molar-refractivity contribution is 0.127. The van der Waals surface area contributed by atoms with Crippen molar-refractivity contribution in [3.05, 3.63) is 64.6 Å². The highest BCUT2D eigenvalue weighted by atomic mass is 32.1. The SMILES string of the molecule is c1csc(CCN2CCN(Cc3cc4ccccc4cn3)CC2)c1. The molecule has 3 heterocycles. The van der Waals surface area contributed by atoms with Gasteiger partial charge in [0.15, 0.2) is 0 Å². The Labute approximate surface area is 147 Å². The fourth-order valence-electron chi connectivity index (χ4n) is 3.34. The Kier molecular flexibility index (Phi) is 4.88. The van der Waals surface area contributed by atoms with Crippen LogP contribution in [0.3, 0.4) is 0 Å². The van der Waals surface area contributed by atoms with E-state index in [2.05, 4.69) is 62.6 Å². The van der Waals surface area contributed by atoms with Crippen LogP contribution < -0.4 is 0 Å². The summed E-state index contributed by atoms with van der Waals surface area (Å²) < 4.78 is 0. The van der Waals surface area contributed by atoms with Gasteiger partial charge in [-0.1, -0.05) is 30.3 Å². The van der Waals surface area contributed by atoms with Crippen LogP contribution in [-0.2, 0) is 13.0 Å². The Morgan fingerprint density at radius 3 is 2.50 bits per heavy atom. The minimum absolute atomic E-state index is 0.962. The highest BCUT2D eigenvalue weighted by molar-refractivity contribution is 7.09. The molecule has 0 spiro atoms. The van der Waals surface area contributed by atoms with Gasteiger partial charge in [0, 0.05) is 55.7 Å². The zero-order chi connectivity index (χ0) is 16.2. The zero-order valence-corrected chi connectivity index (χ0v) is 14.7. The van der Waals surface area contributed by atoms with E-state index in [4.69, 9.17) is 0 Å². The molecule has 124 valence electrons. The highest BCUT2D eigenvalue weighted by Gasteiger charge is 2.17. The lowest BCUT2D eigenvalue weighted by Crippen LogP contribution is -2.46. The van der Waals surface area contributed by atoms with Gasteiger partial charge in [-0.2, -0.15) is 0 Å². The molecule has 0 atom stereocenters. The highest BCUT2D eigenvalue weighted by Crippen LogP contribution is 2.16. The van der Waals surface area contributed by atoms with E-state index in [1.54, 1.807) is 0 Å². The lowest BCUT2D eigenvalue weighted by atomic mass is 10.1. The van der Waals surface area contributed by atoms with Crippen molar-refractivity contribution in [3.63, 3.8) is 0 Å². The van der Waals surface area contributed by atoms with Gasteiger partial charge in [0.1, 0.15) is 0 Å². The molecular weight excluding hydrogens is 314 g/mol. The molecule has 24 heavy (non-hydrogen) atoms. The second-order valence-electron chi connectivity index (χ2n) is 6.47. The van der Waals surface area contributed by atoms with Crippen LogP contribution in [0.1, 0.15) is 10.6 Å². The van der Waals surface area contributed by atoms with Gasteiger partial charge in [0.25, 0.3) is 0 Å². The maximum absolute atomic E-state index is 4.64. The molecular formula is C20H23N3S. The van der Waals surface area contributed by atoms with E-state index in [0.717, 1.165) is 19.6 Å². The molecule has 1 aliphatic rings. The lowest BCUT2D eigenvalue weighted by Gasteiger charge is -2.34. The summed E-state index contributed by atoms with van der Waals surface area (Å²) in [5.41, 5.74) is 1.18. The largest absolute Gasteiger partial charge is 0.300 e. The van der Waals surface area contributed by atoms with Crippen LogP contribution in [0.15, 0.2) is 54.0 Å². The van der Waals surface area contributed by atoms with Crippen LogP contribution in [0.5, 0.6) is 0 Å². The fourth-order valence-corrected chi connectivity index (χ4v) is 4.04. The molecule has 0 aliphatic carbocycles. The van der Waals surface area contributed by atoms with Crippen molar-refractivity contribution >= 4 is 22.1 Å². The third-order valence-corrected chi connectivity index (χ3v) is 5.73. The quantitative estimate of drug-likeness (QED) is 0.708. The molecule has 0 radical (unpaired) electrons. The van der Waals surface area contributed by atoms with E-state index in [1.165, 1.54) is 47.4 Å². The number of thiophene rings is 1. The average Bonchev–Trinajstić information content (AvgIpc) is 3.15. The first-order chi connectivity index (χ1) is 11.9. The van der Waals surface area contributed by atoms with Crippen molar-refractivity contribution in [1.29, 1.82) is 0 Å². The first-order valence-electron chi connectivity index (χ1n) is 8.67. The van der Waals surface area contributed by atoms with Crippen LogP contribution >= 0.6 is 11.3 Å². The molecule has 0 unspecified atom stereocenters. The summed E-state index contributed by atoms with van der Waals surface area (Å²) in [4.78, 5) is 11.2. The maximum atomic E-state index is 4.64. The number of pyridine rings is 1. The van der Waals surface area contributed by atoms with Gasteiger partial charge < -0.3 is 4.90 Å². The standard InChI is InChI=1S/C20H23N3S/c1-2-5-18-15-21-19(14-17(18)4-1)16-23-11-9-22(10-12-23)8-7-20-6-3-13-24-20/h1-6,13-15H,7-12,16H2. The van der Waals surface area contributed by atoms with Crippen LogP contribution in [0, 0.1) is 0 Å². The number of hydrogen-bond acceptors (Lipinski definition) is 4. The molecule has 0 amide bonds. The molecule has 0 saturated carbocycles. The summed E-state index contributed by atoms with van der Waals surface area (Å²) in [5, 5.41) is 4.68. The van der Waals surface area contributed by atoms with Gasteiger partial charge >= 0.3 is 0 Å². The Morgan fingerprint density at radius 2 is 1.71 bits per heavy atom. The molecule has 0 N–H and O–H groups in total. The minimum Gasteiger partial charge on any atom is -0.300 e. The normalized spacial score (nSPS) is 16.7. The second-order valence-corrected chi connectivity index (χ2v) is 7.50. The molecule has 1 aliphatic heterocycles. The van der Waals surface area contributed by atoms with Crippen molar-refractivity contribution in [2.24, 2.45) is 0 Å². The van der Waals surface area contributed by atoms with Gasteiger partial charge in [0.05, 0.1) is 5.69 Å². The summed E-state index contributed by atoms with van der Waals surface area (Å²) in [5.74, 6) is 0. The Bertz CT molecular complexity index is 776. The number of fused-ring (bicyclic) bond motifs is 1. The fraction of sp³-hybridized carbons (Fsp3) is 0.350. The van der Waals surface area contributed by atoms with Crippen LogP contribution in [0.25, 0.3) is 10.8 Å². The number of aromatic nitrogens is 1. The summed E-state index contributed by atoms with van der Waals surface area (Å²) >= 11 is 1.87. The van der Waals surface area contributed by atoms with E-state index in [1.807, 2.05) is 17.5 Å². The van der Waals surface area contributed by atoms with E-state index < -0.39 is 0 Å². The van der Waals surface area contributed by atoms with Crippen LogP contribution in [0.4, 0.5) is 0 Å². The maximum Gasteiger partial charge on any atom is 0.0550 e. The van der Waals surface area contributed by atoms with Crippen molar-refractivity contribution < 1.29 is 0 Å². The second kappa shape index (κ2) is 7.43. The molecule has 1 aromatic carbocycles. The number of benzene rings is 1. The van der Waals surface area contributed by atoms with Gasteiger partial charge in [-0.15, -0.1) is 11.3 Å². The summed E-state index contributed by atoms with van der Waals surface area (Å²) in [6, 6.07) is 15.1. The monoisotopic (exact) mass is 337 g/mol. The molecule has 4 rings (SSSR count). The first kappa shape index (κ1) is 15.8. The number of piperazine rings is 1. The summed E-state index contributed by atoms with van der Waals surface area (Å²) in [7, 11) is 0. The number of hydrogen-bond donors (Lipinski definition) is 0. The molecule has 2 aromatic heterocycles. The van der Waals surface area contributed by atoms with Gasteiger partial charge in [-0.05, 0) is 29.3 Å². The van der Waals surface area contributed by atoms with Crippen molar-refractivity contribution in [2.75, 3.05) is 32.7 Å². The Hall–Kier alpha value is -1.75. The molecule has 1 saturated heterocycles. The van der Waals surface area contributed by atoms with E-state index in [0.29, 0.717) is 0 Å². The van der Waals surface area contributed by atoms with Gasteiger partial charge in [-0.25, -0.2) is 0 Å². The zero-order valence-electron chi connectivity index (χ0n) is 13.9. The van der Waals surface area contributed by atoms with Gasteiger partial charge in [0.2, 0.25) is 0 Å². The Balaban J connectivity index is 1.29. The topological polar surface area (TPSA) is 19.4 Å². The predicted molar refractivity (Wildman–Crippen MR) is 101 cm³/mol. The van der Waals surface area contributed by atoms with E-state index >= 15 is 0 Å². The number of rotatable bonds is 5. The molecule has 1 fully saturated rings. The molecule has 4 heteroatoms. The Morgan fingerprint density at radius 1 is 0.917 bits per heavy atom.